The topological polar surface area (TPSA) is 33.5 Å². The zero-order chi connectivity index (χ0) is 56.0. The summed E-state index contributed by atoms with van der Waals surface area (Å²) in [6.07, 6.45) is 1.47. The van der Waals surface area contributed by atoms with Gasteiger partial charge in [0.1, 0.15) is 5.82 Å². The second-order valence-electron chi connectivity index (χ2n) is 22.3. The van der Waals surface area contributed by atoms with E-state index in [2.05, 4.69) is 205 Å². The number of aromatic nitrogens is 2. The van der Waals surface area contributed by atoms with Crippen LogP contribution in [0.2, 0.25) is 0 Å². The Morgan fingerprint density at radius 1 is 0.500 bits per heavy atom. The Morgan fingerprint density at radius 2 is 1.12 bits per heavy atom. The second kappa shape index (κ2) is 19.3. The number of rotatable bonds is 8. The Hall–Kier alpha value is -7.20. The number of ether oxygens (including phenoxy) is 1. The molecule has 0 unspecified atom stereocenters. The molecule has 2 aromatic heterocycles. The molecule has 0 radical (unpaired) electrons. The van der Waals surface area contributed by atoms with Crippen molar-refractivity contribution in [2.45, 2.75) is 92.3 Å². The molecule has 6 heteroatoms. The molecule has 0 spiro atoms. The molecule has 0 amide bonds. The summed E-state index contributed by atoms with van der Waals surface area (Å²) in [5.41, 5.74) is 15.6. The van der Waals surface area contributed by atoms with Crippen molar-refractivity contribution < 1.29 is 34.0 Å². The molecular formula is C68H63N4OPt-3. The summed E-state index contributed by atoms with van der Waals surface area (Å²) in [4.78, 5) is 9.07. The summed E-state index contributed by atoms with van der Waals surface area (Å²) in [6.45, 7) is 17.8. The maximum atomic E-state index is 8.16. The molecule has 1 aliphatic rings. The van der Waals surface area contributed by atoms with Gasteiger partial charge in [0.05, 0.1) is 0 Å². The Kier molecular flexibility index (Phi) is 11.2. The fourth-order valence-corrected chi connectivity index (χ4v) is 9.92. The normalized spacial score (nSPS) is 14.4. The summed E-state index contributed by atoms with van der Waals surface area (Å²) in [5.74, 6) is 1.17. The fourth-order valence-electron chi connectivity index (χ4n) is 9.92. The van der Waals surface area contributed by atoms with Gasteiger partial charge in [-0.1, -0.05) is 170 Å². The van der Waals surface area contributed by atoms with Crippen LogP contribution in [0.1, 0.15) is 98.4 Å². The van der Waals surface area contributed by atoms with Crippen LogP contribution < -0.4 is 14.5 Å². The summed E-state index contributed by atoms with van der Waals surface area (Å²) >= 11 is 0. The van der Waals surface area contributed by atoms with E-state index in [-0.39, 0.29) is 48.4 Å². The van der Waals surface area contributed by atoms with Crippen molar-refractivity contribution >= 4 is 44.6 Å². The van der Waals surface area contributed by atoms with Crippen molar-refractivity contribution in [3.63, 3.8) is 0 Å². The maximum absolute atomic E-state index is 8.16. The van der Waals surface area contributed by atoms with E-state index in [1.165, 1.54) is 40.6 Å². The van der Waals surface area contributed by atoms with Gasteiger partial charge in [0.25, 0.3) is 0 Å². The third kappa shape index (κ3) is 9.59. The summed E-state index contributed by atoms with van der Waals surface area (Å²) in [6, 6.07) is 64.6. The molecule has 5 nitrogen and oxygen atoms in total. The van der Waals surface area contributed by atoms with Crippen LogP contribution in [0.3, 0.4) is 0 Å². The predicted octanol–water partition coefficient (Wildman–Crippen LogP) is 18.5. The van der Waals surface area contributed by atoms with Gasteiger partial charge in [0.2, 0.25) is 0 Å². The number of aryl methyl sites for hydroxylation is 2. The van der Waals surface area contributed by atoms with Gasteiger partial charge in [0.15, 0.2) is 0 Å². The van der Waals surface area contributed by atoms with Gasteiger partial charge in [-0.2, -0.15) is 12.1 Å². The molecule has 0 atom stereocenters. The minimum absolute atomic E-state index is 0. The average molecular weight is 1150 g/mol. The molecule has 0 N–H and O–H groups in total. The number of fused-ring (bicyclic) bond motifs is 4. The minimum Gasteiger partial charge on any atom is -0.509 e. The van der Waals surface area contributed by atoms with Gasteiger partial charge in [-0.3, -0.25) is 0 Å². The quantitative estimate of drug-likeness (QED) is 0.142. The van der Waals surface area contributed by atoms with Gasteiger partial charge in [-0.05, 0) is 122 Å². The van der Waals surface area contributed by atoms with Gasteiger partial charge < -0.3 is 19.1 Å². The van der Waals surface area contributed by atoms with Gasteiger partial charge in [-0.15, -0.1) is 48.1 Å². The first-order valence-electron chi connectivity index (χ1n) is 28.0. The molecule has 1 aliphatic heterocycles. The molecule has 0 saturated heterocycles. The van der Waals surface area contributed by atoms with Crippen LogP contribution >= 0.6 is 0 Å². The third-order valence-corrected chi connectivity index (χ3v) is 14.0. The van der Waals surface area contributed by atoms with Crippen molar-refractivity contribution in [1.82, 2.24) is 9.55 Å². The Bertz CT molecular complexity index is 3950. The maximum Gasteiger partial charge on any atom is 0.135 e. The average Bonchev–Trinajstić information content (AvgIpc) is 4.19. The Balaban J connectivity index is 0.00000720. The molecule has 0 fully saturated rings. The summed E-state index contributed by atoms with van der Waals surface area (Å²) in [7, 11) is 0. The van der Waals surface area contributed by atoms with Crippen LogP contribution in [0, 0.1) is 32.5 Å². The standard InChI is InChI=1S/C68H63N4O.Pt/c1-44-22-33-60-59(36-44)56-32-31-55(42-63(56)72(60)64-37-45(2)34-35-69-64)73-54-19-15-18-53(41-54)70-43-71(62-21-13-12-20-61(62)70)65-57(47-25-23-46(24-26-47)49-16-14-17-51(38-49)67(6,7)8)39-52(68(9,10)11)40-58(65)48-27-29-50(30-28-48)66(3,4)5;/h12-40,43H,1-11H3;/q-3;/i1D3,2D3;. The first kappa shape index (κ1) is 43.2. The van der Waals surface area contributed by atoms with Crippen LogP contribution in [0.25, 0.3) is 61.0 Å². The zero-order valence-electron chi connectivity index (χ0n) is 49.3. The van der Waals surface area contributed by atoms with E-state index in [4.69, 9.17) is 13.0 Å². The smallest absolute Gasteiger partial charge is 0.135 e. The number of anilines is 4. The number of hydrogen-bond acceptors (Lipinski definition) is 4. The predicted molar refractivity (Wildman–Crippen MR) is 306 cm³/mol. The van der Waals surface area contributed by atoms with Crippen molar-refractivity contribution in [3.8, 4) is 50.7 Å². The van der Waals surface area contributed by atoms with Crippen molar-refractivity contribution in [2.75, 3.05) is 9.80 Å². The molecule has 0 saturated carbocycles. The van der Waals surface area contributed by atoms with Crippen LogP contribution in [-0.2, 0) is 37.3 Å². The molecule has 0 bridgehead atoms. The molecule has 3 heterocycles. The van der Waals surface area contributed by atoms with E-state index in [0.29, 0.717) is 39.1 Å². The summed E-state index contributed by atoms with van der Waals surface area (Å²) in [5, 5.41) is 1.37. The van der Waals surface area contributed by atoms with E-state index in [0.717, 1.165) is 50.6 Å². The van der Waals surface area contributed by atoms with E-state index < -0.39 is 13.7 Å². The largest absolute Gasteiger partial charge is 0.509 e. The molecule has 374 valence electrons. The number of pyridine rings is 1. The molecule has 8 aromatic carbocycles. The van der Waals surface area contributed by atoms with Crippen LogP contribution in [-0.4, -0.2) is 9.55 Å². The van der Waals surface area contributed by atoms with E-state index in [1.807, 2.05) is 24.3 Å². The van der Waals surface area contributed by atoms with E-state index in [1.54, 1.807) is 28.8 Å². The number of benzene rings is 8. The first-order chi connectivity index (χ1) is 37.3. The first-order valence-corrected chi connectivity index (χ1v) is 25.0. The fraction of sp³-hybridized carbons (Fsp3) is 0.206. The van der Waals surface area contributed by atoms with Gasteiger partial charge in [-0.25, -0.2) is 4.98 Å². The third-order valence-electron chi connectivity index (χ3n) is 14.0. The minimum atomic E-state index is -2.37. The Labute approximate surface area is 461 Å². The molecular weight excluding hydrogens is 1080 g/mol. The summed E-state index contributed by atoms with van der Waals surface area (Å²) < 4.78 is 57.3. The molecule has 10 aromatic rings. The molecule has 0 aliphatic carbocycles. The van der Waals surface area contributed by atoms with Crippen LogP contribution in [0.15, 0.2) is 176 Å². The van der Waals surface area contributed by atoms with E-state index >= 15 is 0 Å². The monoisotopic (exact) mass is 1150 g/mol. The number of para-hydroxylation sites is 2. The number of nitrogens with zero attached hydrogens (tertiary/aromatic N) is 4. The van der Waals surface area contributed by atoms with Gasteiger partial charge in [0, 0.05) is 80.7 Å². The van der Waals surface area contributed by atoms with Crippen molar-refractivity contribution in [2.24, 2.45) is 0 Å². The Morgan fingerprint density at radius 3 is 1.80 bits per heavy atom. The second-order valence-corrected chi connectivity index (χ2v) is 22.3. The SMILES string of the molecule is [2H]C([2H])([2H])c1ccnc(-n2c3[c-]c(Oc4[c-]c(N5[CH-]N(c6c(-c7ccc(-c8cccc(C(C)(C)C)c8)cc7)cc(C(C)(C)C)cc6-c6ccc(C(C)(C)C)cc6)c6ccccc65)ccc4)ccc3c3cc(C([2H])([2H])[2H])ccc32)c1.[Pt]. The van der Waals surface area contributed by atoms with Crippen LogP contribution in [0.5, 0.6) is 11.5 Å². The van der Waals surface area contributed by atoms with Crippen LogP contribution in [0.4, 0.5) is 22.7 Å². The van der Waals surface area contributed by atoms with Crippen molar-refractivity contribution in [3.05, 3.63) is 223 Å². The number of hydrogen-bond donors (Lipinski definition) is 0. The van der Waals surface area contributed by atoms with Crippen molar-refractivity contribution in [1.29, 1.82) is 0 Å². The van der Waals surface area contributed by atoms with Gasteiger partial charge >= 0.3 is 0 Å². The molecule has 11 rings (SSSR count). The zero-order valence-corrected chi connectivity index (χ0v) is 45.6. The molecule has 74 heavy (non-hydrogen) atoms. The van der Waals surface area contributed by atoms with E-state index in [9.17, 15) is 0 Å².